The van der Waals surface area contributed by atoms with Crippen LogP contribution in [0.3, 0.4) is 0 Å². The van der Waals surface area contributed by atoms with Gasteiger partial charge >= 0.3 is 0 Å². The van der Waals surface area contributed by atoms with E-state index in [0.717, 1.165) is 15.4 Å². The summed E-state index contributed by atoms with van der Waals surface area (Å²) in [6.07, 6.45) is 0.382. The van der Waals surface area contributed by atoms with Crippen LogP contribution in [0.1, 0.15) is 45.2 Å². The van der Waals surface area contributed by atoms with Gasteiger partial charge in [-0.25, -0.2) is 8.42 Å². The fourth-order valence-electron chi connectivity index (χ4n) is 3.42. The summed E-state index contributed by atoms with van der Waals surface area (Å²) in [6, 6.07) is 12.7. The molecule has 0 aliphatic carbocycles. The Morgan fingerprint density at radius 3 is 2.09 bits per heavy atom. The molecule has 186 valence electrons. The highest BCUT2D eigenvalue weighted by atomic mass is 35.5. The van der Waals surface area contributed by atoms with Crippen LogP contribution in [0.5, 0.6) is 0 Å². The van der Waals surface area contributed by atoms with Crippen LogP contribution in [0, 0.1) is 6.92 Å². The van der Waals surface area contributed by atoms with Gasteiger partial charge in [0.05, 0.1) is 11.4 Å². The number of amides is 2. The molecular weight excluding hydrogens is 474 g/mol. The van der Waals surface area contributed by atoms with E-state index >= 15 is 0 Å². The number of likely N-dealkylation sites (N-methyl/N-ethyl adjacent to an activating group) is 1. The first kappa shape index (κ1) is 27.8. The number of benzene rings is 2. The van der Waals surface area contributed by atoms with Crippen molar-refractivity contribution in [1.82, 2.24) is 14.5 Å². The summed E-state index contributed by atoms with van der Waals surface area (Å²) in [4.78, 5) is 28.0. The molecule has 0 heterocycles. The first-order valence-electron chi connectivity index (χ1n) is 11.1. The van der Waals surface area contributed by atoms with E-state index in [1.807, 2.05) is 58.9 Å². The third-order valence-electron chi connectivity index (χ3n) is 5.24. The SMILES string of the molecule is CC[C@@H](C(=O)NC(C)(C)C)N(Cc1ccc(C)cc1)C(=O)CN(C)S(=O)(=O)c1ccc(Cl)cc1. The molecule has 1 atom stereocenters. The second-order valence-electron chi connectivity index (χ2n) is 9.39. The first-order valence-corrected chi connectivity index (χ1v) is 13.0. The molecule has 0 saturated heterocycles. The minimum atomic E-state index is -3.92. The van der Waals surface area contributed by atoms with Crippen molar-refractivity contribution in [3.05, 3.63) is 64.7 Å². The van der Waals surface area contributed by atoms with Crippen LogP contribution < -0.4 is 5.32 Å². The Morgan fingerprint density at radius 2 is 1.59 bits per heavy atom. The van der Waals surface area contributed by atoms with Crippen molar-refractivity contribution in [1.29, 1.82) is 0 Å². The lowest BCUT2D eigenvalue weighted by atomic mass is 10.1. The highest BCUT2D eigenvalue weighted by Gasteiger charge is 2.33. The van der Waals surface area contributed by atoms with E-state index in [-0.39, 0.29) is 17.3 Å². The fraction of sp³-hybridized carbons (Fsp3) is 0.440. The minimum Gasteiger partial charge on any atom is -0.350 e. The molecule has 0 aliphatic rings. The zero-order chi connectivity index (χ0) is 25.7. The van der Waals surface area contributed by atoms with Gasteiger partial charge in [-0.3, -0.25) is 9.59 Å². The van der Waals surface area contributed by atoms with Crippen molar-refractivity contribution in [2.45, 2.75) is 64.1 Å². The number of sulfonamides is 1. The van der Waals surface area contributed by atoms with Gasteiger partial charge in [-0.1, -0.05) is 48.4 Å². The summed E-state index contributed by atoms with van der Waals surface area (Å²) in [5.74, 6) is -0.741. The van der Waals surface area contributed by atoms with Crippen molar-refractivity contribution in [2.24, 2.45) is 0 Å². The Bertz CT molecular complexity index is 1090. The van der Waals surface area contributed by atoms with E-state index in [2.05, 4.69) is 5.32 Å². The molecule has 0 bridgehead atoms. The Labute approximate surface area is 208 Å². The number of rotatable bonds is 9. The molecule has 0 radical (unpaired) electrons. The summed E-state index contributed by atoms with van der Waals surface area (Å²) in [5.41, 5.74) is 1.45. The van der Waals surface area contributed by atoms with Gasteiger partial charge in [0, 0.05) is 24.2 Å². The standard InChI is InChI=1S/C25H34ClN3O4S/c1-7-22(24(31)27-25(3,4)5)29(16-19-10-8-18(2)9-11-19)23(30)17-28(6)34(32,33)21-14-12-20(26)13-15-21/h8-15,22H,7,16-17H2,1-6H3,(H,27,31)/t22-/m0/s1. The zero-order valence-electron chi connectivity index (χ0n) is 20.6. The Balaban J connectivity index is 2.34. The van der Waals surface area contributed by atoms with Crippen LogP contribution >= 0.6 is 11.6 Å². The van der Waals surface area contributed by atoms with Gasteiger partial charge in [0.2, 0.25) is 21.8 Å². The number of nitrogens with zero attached hydrogens (tertiary/aromatic N) is 2. The molecule has 2 aromatic rings. The fourth-order valence-corrected chi connectivity index (χ4v) is 4.66. The quantitative estimate of drug-likeness (QED) is 0.556. The Hall–Kier alpha value is -2.42. The van der Waals surface area contributed by atoms with Crippen molar-refractivity contribution in [2.75, 3.05) is 13.6 Å². The van der Waals surface area contributed by atoms with E-state index in [9.17, 15) is 18.0 Å². The normalized spacial score (nSPS) is 12.9. The Kier molecular flexibility index (Phi) is 9.28. The molecule has 0 aromatic heterocycles. The maximum atomic E-state index is 13.4. The highest BCUT2D eigenvalue weighted by Crippen LogP contribution is 2.19. The van der Waals surface area contributed by atoms with Crippen LogP contribution in [0.25, 0.3) is 0 Å². The molecule has 34 heavy (non-hydrogen) atoms. The summed E-state index contributed by atoms with van der Waals surface area (Å²) >= 11 is 5.87. The number of carbonyl (C=O) groups excluding carboxylic acids is 2. The molecular formula is C25H34ClN3O4S. The second kappa shape index (κ2) is 11.3. The molecule has 7 nitrogen and oxygen atoms in total. The lowest BCUT2D eigenvalue weighted by Gasteiger charge is -2.34. The van der Waals surface area contributed by atoms with Crippen LogP contribution in [-0.2, 0) is 26.2 Å². The van der Waals surface area contributed by atoms with Crippen molar-refractivity contribution < 1.29 is 18.0 Å². The van der Waals surface area contributed by atoms with E-state index < -0.39 is 34.1 Å². The minimum absolute atomic E-state index is 0.0369. The average molecular weight is 508 g/mol. The Morgan fingerprint density at radius 1 is 1.03 bits per heavy atom. The van der Waals surface area contributed by atoms with Gasteiger partial charge in [-0.15, -0.1) is 0 Å². The predicted molar refractivity (Wildman–Crippen MR) is 135 cm³/mol. The lowest BCUT2D eigenvalue weighted by molar-refractivity contribution is -0.142. The molecule has 0 spiro atoms. The number of aryl methyl sites for hydroxylation is 1. The zero-order valence-corrected chi connectivity index (χ0v) is 22.2. The van der Waals surface area contributed by atoms with E-state index in [1.165, 1.54) is 36.2 Å². The van der Waals surface area contributed by atoms with Gasteiger partial charge in [-0.05, 0) is 63.9 Å². The van der Waals surface area contributed by atoms with Gasteiger partial charge in [0.1, 0.15) is 6.04 Å². The monoisotopic (exact) mass is 507 g/mol. The van der Waals surface area contributed by atoms with Crippen LogP contribution in [0.15, 0.2) is 53.4 Å². The summed E-state index contributed by atoms with van der Waals surface area (Å²) in [6.45, 7) is 9.19. The third-order valence-corrected chi connectivity index (χ3v) is 7.31. The lowest BCUT2D eigenvalue weighted by Crippen LogP contribution is -2.55. The maximum Gasteiger partial charge on any atom is 0.243 e. The van der Waals surface area contributed by atoms with Crippen molar-refractivity contribution >= 4 is 33.4 Å². The highest BCUT2D eigenvalue weighted by molar-refractivity contribution is 7.89. The van der Waals surface area contributed by atoms with Gasteiger partial charge in [-0.2, -0.15) is 4.31 Å². The van der Waals surface area contributed by atoms with Gasteiger partial charge < -0.3 is 10.2 Å². The number of hydrogen-bond acceptors (Lipinski definition) is 4. The van der Waals surface area contributed by atoms with Crippen molar-refractivity contribution in [3.8, 4) is 0 Å². The smallest absolute Gasteiger partial charge is 0.243 e. The molecule has 2 rings (SSSR count). The summed E-state index contributed by atoms with van der Waals surface area (Å²) in [5, 5.41) is 3.35. The number of hydrogen-bond donors (Lipinski definition) is 1. The molecule has 2 amide bonds. The van der Waals surface area contributed by atoms with Gasteiger partial charge in [0.15, 0.2) is 0 Å². The van der Waals surface area contributed by atoms with E-state index in [0.29, 0.717) is 11.4 Å². The van der Waals surface area contributed by atoms with Gasteiger partial charge in [0.25, 0.3) is 0 Å². The maximum absolute atomic E-state index is 13.4. The summed E-state index contributed by atoms with van der Waals surface area (Å²) in [7, 11) is -2.57. The molecule has 9 heteroatoms. The largest absolute Gasteiger partial charge is 0.350 e. The molecule has 1 N–H and O–H groups in total. The molecule has 0 aliphatic heterocycles. The average Bonchev–Trinajstić information content (AvgIpc) is 2.74. The number of halogens is 1. The second-order valence-corrected chi connectivity index (χ2v) is 11.9. The van der Waals surface area contributed by atoms with E-state index in [4.69, 9.17) is 11.6 Å². The molecule has 2 aromatic carbocycles. The molecule has 0 fully saturated rings. The first-order chi connectivity index (χ1) is 15.7. The van der Waals surface area contributed by atoms with Crippen LogP contribution in [0.2, 0.25) is 5.02 Å². The molecule has 0 saturated carbocycles. The number of nitrogens with one attached hydrogen (secondary N) is 1. The molecule has 0 unspecified atom stereocenters. The predicted octanol–water partition coefficient (Wildman–Crippen LogP) is 3.99. The topological polar surface area (TPSA) is 86.8 Å². The third kappa shape index (κ3) is 7.55. The number of carbonyl (C=O) groups is 2. The van der Waals surface area contributed by atoms with Crippen molar-refractivity contribution in [3.63, 3.8) is 0 Å². The summed E-state index contributed by atoms with van der Waals surface area (Å²) < 4.78 is 27.0. The van der Waals surface area contributed by atoms with Crippen LogP contribution in [-0.4, -0.2) is 54.6 Å². The van der Waals surface area contributed by atoms with E-state index in [1.54, 1.807) is 0 Å². The van der Waals surface area contributed by atoms with Crippen LogP contribution in [0.4, 0.5) is 0 Å².